The van der Waals surface area contributed by atoms with Crippen LogP contribution in [-0.4, -0.2) is 29.2 Å². The van der Waals surface area contributed by atoms with E-state index in [-0.39, 0.29) is 11.9 Å². The number of nitrogens with zero attached hydrogens (tertiary/aromatic N) is 1. The van der Waals surface area contributed by atoms with E-state index < -0.39 is 0 Å². The van der Waals surface area contributed by atoms with Crippen LogP contribution in [0.15, 0.2) is 65.8 Å². The fourth-order valence-electron chi connectivity index (χ4n) is 2.19. The Bertz CT molecular complexity index is 658. The third-order valence-electron chi connectivity index (χ3n) is 3.38. The average molecular weight is 311 g/mol. The van der Waals surface area contributed by atoms with Crippen molar-refractivity contribution < 1.29 is 4.79 Å². The molecule has 112 valence electrons. The molecule has 1 saturated heterocycles. The van der Waals surface area contributed by atoms with Crippen LogP contribution in [0.25, 0.3) is 0 Å². The van der Waals surface area contributed by atoms with Crippen molar-refractivity contribution in [3.8, 4) is 0 Å². The van der Waals surface area contributed by atoms with E-state index in [0.717, 1.165) is 22.9 Å². The number of hydrazone groups is 1. The van der Waals surface area contributed by atoms with Crippen molar-refractivity contribution in [1.82, 2.24) is 5.32 Å². The lowest BCUT2D eigenvalue weighted by atomic mass is 10.1. The van der Waals surface area contributed by atoms with E-state index in [2.05, 4.69) is 15.8 Å². The number of hydrogen-bond donors (Lipinski definition) is 2. The highest BCUT2D eigenvalue weighted by Gasteiger charge is 2.25. The summed E-state index contributed by atoms with van der Waals surface area (Å²) in [6.45, 7) is 0. The highest BCUT2D eigenvalue weighted by molar-refractivity contribution is 8.00. The minimum Gasteiger partial charge on any atom is -0.343 e. The molecule has 1 heterocycles. The Hall–Kier alpha value is -2.27. The first-order valence-electron chi connectivity index (χ1n) is 7.14. The summed E-state index contributed by atoms with van der Waals surface area (Å²) >= 11 is 1.78. The van der Waals surface area contributed by atoms with Gasteiger partial charge in [-0.1, -0.05) is 36.4 Å². The van der Waals surface area contributed by atoms with E-state index in [9.17, 15) is 4.79 Å². The van der Waals surface area contributed by atoms with Crippen molar-refractivity contribution in [3.63, 3.8) is 0 Å². The second-order valence-electron chi connectivity index (χ2n) is 4.99. The maximum Gasteiger partial charge on any atom is 0.251 e. The molecule has 0 unspecified atom stereocenters. The van der Waals surface area contributed by atoms with E-state index in [1.807, 2.05) is 60.7 Å². The molecule has 0 aliphatic carbocycles. The summed E-state index contributed by atoms with van der Waals surface area (Å²) in [7, 11) is 0. The van der Waals surface area contributed by atoms with Crippen LogP contribution in [0.1, 0.15) is 10.4 Å². The summed E-state index contributed by atoms with van der Waals surface area (Å²) in [5.74, 6) is 1.63. The SMILES string of the molecule is O=C(N[C@@H]1CSCC1=NNc1ccccc1)c1ccccc1. The van der Waals surface area contributed by atoms with Gasteiger partial charge in [-0.2, -0.15) is 16.9 Å². The predicted molar refractivity (Wildman–Crippen MR) is 92.5 cm³/mol. The Labute approximate surface area is 134 Å². The molecular weight excluding hydrogens is 294 g/mol. The average Bonchev–Trinajstić information content (AvgIpc) is 3.02. The zero-order valence-corrected chi connectivity index (χ0v) is 12.8. The second kappa shape index (κ2) is 7.13. The Morgan fingerprint density at radius 3 is 2.45 bits per heavy atom. The molecule has 2 aromatic rings. The van der Waals surface area contributed by atoms with Crippen LogP contribution in [-0.2, 0) is 0 Å². The molecule has 1 aliphatic rings. The molecule has 2 aromatic carbocycles. The summed E-state index contributed by atoms with van der Waals surface area (Å²) in [6, 6.07) is 19.1. The summed E-state index contributed by atoms with van der Waals surface area (Å²) in [5.41, 5.74) is 5.64. The molecule has 0 saturated carbocycles. The van der Waals surface area contributed by atoms with Crippen molar-refractivity contribution in [2.75, 3.05) is 16.9 Å². The van der Waals surface area contributed by atoms with Crippen molar-refractivity contribution in [3.05, 3.63) is 66.2 Å². The standard InChI is InChI=1S/C17H17N3OS/c21-17(13-7-3-1-4-8-13)18-15-11-22-12-16(15)20-19-14-9-5-2-6-10-14/h1-10,15,19H,11-12H2,(H,18,21)/t15-/m1/s1. The molecule has 1 aliphatic heterocycles. The normalized spacial score (nSPS) is 19.1. The van der Waals surface area contributed by atoms with Crippen LogP contribution >= 0.6 is 11.8 Å². The number of thioether (sulfide) groups is 1. The van der Waals surface area contributed by atoms with Crippen molar-refractivity contribution in [1.29, 1.82) is 0 Å². The minimum absolute atomic E-state index is 0.0195. The fourth-order valence-corrected chi connectivity index (χ4v) is 3.30. The summed E-state index contributed by atoms with van der Waals surface area (Å²) in [5, 5.41) is 7.50. The van der Waals surface area contributed by atoms with Crippen molar-refractivity contribution in [2.24, 2.45) is 5.10 Å². The zero-order valence-electron chi connectivity index (χ0n) is 12.0. The zero-order chi connectivity index (χ0) is 15.2. The van der Waals surface area contributed by atoms with Gasteiger partial charge in [0.05, 0.1) is 17.4 Å². The summed E-state index contributed by atoms with van der Waals surface area (Å²) in [6.07, 6.45) is 0. The smallest absolute Gasteiger partial charge is 0.251 e. The van der Waals surface area contributed by atoms with Gasteiger partial charge in [0.25, 0.3) is 5.91 Å². The van der Waals surface area contributed by atoms with E-state index >= 15 is 0 Å². The van der Waals surface area contributed by atoms with Gasteiger partial charge >= 0.3 is 0 Å². The third kappa shape index (κ3) is 3.68. The number of amides is 1. The fraction of sp³-hybridized carbons (Fsp3) is 0.176. The van der Waals surface area contributed by atoms with Gasteiger partial charge in [-0.3, -0.25) is 10.2 Å². The lowest BCUT2D eigenvalue weighted by Gasteiger charge is -2.13. The molecule has 3 rings (SSSR count). The molecule has 5 heteroatoms. The largest absolute Gasteiger partial charge is 0.343 e. The van der Waals surface area contributed by atoms with E-state index in [1.54, 1.807) is 11.8 Å². The van der Waals surface area contributed by atoms with Gasteiger partial charge in [-0.05, 0) is 24.3 Å². The molecule has 1 fully saturated rings. The van der Waals surface area contributed by atoms with Gasteiger partial charge in [0.2, 0.25) is 0 Å². The molecule has 1 atom stereocenters. The van der Waals surface area contributed by atoms with Crippen LogP contribution in [0.2, 0.25) is 0 Å². The number of rotatable bonds is 4. The molecule has 22 heavy (non-hydrogen) atoms. The molecule has 4 nitrogen and oxygen atoms in total. The molecule has 0 bridgehead atoms. The van der Waals surface area contributed by atoms with Crippen LogP contribution < -0.4 is 10.7 Å². The number of carbonyl (C=O) groups is 1. The third-order valence-corrected chi connectivity index (χ3v) is 4.45. The van der Waals surface area contributed by atoms with Gasteiger partial charge in [0.15, 0.2) is 0 Å². The second-order valence-corrected chi connectivity index (χ2v) is 6.02. The number of anilines is 1. The van der Waals surface area contributed by atoms with Crippen LogP contribution in [0.5, 0.6) is 0 Å². The molecular formula is C17H17N3OS. The molecule has 2 N–H and O–H groups in total. The van der Waals surface area contributed by atoms with Crippen molar-refractivity contribution >= 4 is 29.1 Å². The summed E-state index contributed by atoms with van der Waals surface area (Å²) < 4.78 is 0. The molecule has 1 amide bonds. The van der Waals surface area contributed by atoms with Gasteiger partial charge in [-0.15, -0.1) is 0 Å². The quantitative estimate of drug-likeness (QED) is 0.854. The number of nitrogens with one attached hydrogen (secondary N) is 2. The molecule has 0 radical (unpaired) electrons. The lowest BCUT2D eigenvalue weighted by molar-refractivity contribution is 0.0950. The van der Waals surface area contributed by atoms with Gasteiger partial charge in [-0.25, -0.2) is 0 Å². The van der Waals surface area contributed by atoms with Crippen molar-refractivity contribution in [2.45, 2.75) is 6.04 Å². The van der Waals surface area contributed by atoms with E-state index in [1.165, 1.54) is 0 Å². The Morgan fingerprint density at radius 2 is 1.73 bits per heavy atom. The topological polar surface area (TPSA) is 53.5 Å². The molecule has 0 aromatic heterocycles. The number of benzene rings is 2. The van der Waals surface area contributed by atoms with Crippen LogP contribution in [0, 0.1) is 0 Å². The first-order valence-corrected chi connectivity index (χ1v) is 8.29. The Balaban J connectivity index is 1.64. The van der Waals surface area contributed by atoms with E-state index in [0.29, 0.717) is 5.56 Å². The first-order chi connectivity index (χ1) is 10.8. The molecule has 0 spiro atoms. The van der Waals surface area contributed by atoms with Crippen LogP contribution in [0.3, 0.4) is 0 Å². The summed E-state index contributed by atoms with van der Waals surface area (Å²) in [4.78, 5) is 12.2. The Morgan fingerprint density at radius 1 is 1.05 bits per heavy atom. The van der Waals surface area contributed by atoms with Gasteiger partial charge < -0.3 is 5.32 Å². The highest BCUT2D eigenvalue weighted by atomic mass is 32.2. The highest BCUT2D eigenvalue weighted by Crippen LogP contribution is 2.17. The van der Waals surface area contributed by atoms with Gasteiger partial charge in [0, 0.05) is 17.1 Å². The lowest BCUT2D eigenvalue weighted by Crippen LogP contribution is -2.40. The first kappa shape index (κ1) is 14.7. The Kier molecular flexibility index (Phi) is 4.75. The van der Waals surface area contributed by atoms with E-state index in [4.69, 9.17) is 0 Å². The monoisotopic (exact) mass is 311 g/mol. The number of hydrogen-bond acceptors (Lipinski definition) is 4. The number of carbonyl (C=O) groups excluding carboxylic acids is 1. The maximum absolute atomic E-state index is 12.2. The minimum atomic E-state index is -0.0551. The van der Waals surface area contributed by atoms with Crippen LogP contribution in [0.4, 0.5) is 5.69 Å². The predicted octanol–water partition coefficient (Wildman–Crippen LogP) is 3.00. The maximum atomic E-state index is 12.2. The number of para-hydroxylation sites is 1. The van der Waals surface area contributed by atoms with Gasteiger partial charge in [0.1, 0.15) is 0 Å².